The maximum atomic E-state index is 5.59. The fourth-order valence-corrected chi connectivity index (χ4v) is 3.94. The van der Waals surface area contributed by atoms with E-state index < -0.39 is 0 Å². The van der Waals surface area contributed by atoms with Crippen LogP contribution in [-0.2, 0) is 4.74 Å². The Bertz CT molecular complexity index is 293. The molecule has 1 N–H and O–H groups in total. The third kappa shape index (κ3) is 2.44. The van der Waals surface area contributed by atoms with Crippen molar-refractivity contribution in [1.29, 1.82) is 0 Å². The van der Waals surface area contributed by atoms with Gasteiger partial charge in [0.2, 0.25) is 0 Å². The van der Waals surface area contributed by atoms with Crippen LogP contribution in [-0.4, -0.2) is 75.9 Å². The Hall–Kier alpha value is -0.160. The van der Waals surface area contributed by atoms with E-state index in [-0.39, 0.29) is 0 Å². The lowest BCUT2D eigenvalue weighted by Crippen LogP contribution is -2.57. The highest BCUT2D eigenvalue weighted by molar-refractivity contribution is 4.99. The molecule has 0 saturated carbocycles. The zero-order valence-electron chi connectivity index (χ0n) is 11.8. The smallest absolute Gasteiger partial charge is 0.0548 e. The van der Waals surface area contributed by atoms with Crippen molar-refractivity contribution < 1.29 is 4.74 Å². The molecular formula is C14H27N3O. The van der Waals surface area contributed by atoms with Gasteiger partial charge in [-0.25, -0.2) is 0 Å². The number of hydrogen-bond donors (Lipinski definition) is 1. The van der Waals surface area contributed by atoms with Gasteiger partial charge >= 0.3 is 0 Å². The lowest BCUT2D eigenvalue weighted by molar-refractivity contribution is -0.153. The molecular weight excluding hydrogens is 226 g/mol. The summed E-state index contributed by atoms with van der Waals surface area (Å²) >= 11 is 0. The number of piperazine rings is 1. The van der Waals surface area contributed by atoms with Crippen molar-refractivity contribution in [2.75, 3.05) is 60.0 Å². The molecule has 3 saturated heterocycles. The predicted molar refractivity (Wildman–Crippen MR) is 72.8 cm³/mol. The largest absolute Gasteiger partial charge is 0.380 e. The molecule has 3 aliphatic rings. The summed E-state index contributed by atoms with van der Waals surface area (Å²) in [7, 11) is 4.49. The Kier molecular flexibility index (Phi) is 3.63. The molecule has 3 fully saturated rings. The zero-order valence-corrected chi connectivity index (χ0v) is 11.8. The molecule has 3 rings (SSSR count). The van der Waals surface area contributed by atoms with Crippen LogP contribution in [0.1, 0.15) is 12.8 Å². The van der Waals surface area contributed by atoms with Crippen molar-refractivity contribution in [2.24, 2.45) is 11.3 Å². The van der Waals surface area contributed by atoms with Gasteiger partial charge in [0.1, 0.15) is 0 Å². The Labute approximate surface area is 111 Å². The van der Waals surface area contributed by atoms with Crippen LogP contribution in [0.2, 0.25) is 0 Å². The van der Waals surface area contributed by atoms with Crippen LogP contribution in [0.25, 0.3) is 0 Å². The van der Waals surface area contributed by atoms with Gasteiger partial charge in [-0.15, -0.1) is 0 Å². The molecule has 0 spiro atoms. The van der Waals surface area contributed by atoms with Crippen molar-refractivity contribution >= 4 is 0 Å². The highest BCUT2D eigenvalue weighted by Crippen LogP contribution is 2.44. The van der Waals surface area contributed by atoms with Crippen LogP contribution >= 0.6 is 0 Å². The zero-order chi connectivity index (χ0) is 12.6. The van der Waals surface area contributed by atoms with Gasteiger partial charge in [-0.05, 0) is 39.4 Å². The average Bonchev–Trinajstić information content (AvgIpc) is 2.71. The summed E-state index contributed by atoms with van der Waals surface area (Å²) in [4.78, 5) is 4.93. The number of nitrogens with zero attached hydrogens (tertiary/aromatic N) is 2. The second-order valence-electron chi connectivity index (χ2n) is 6.72. The third-order valence-electron chi connectivity index (χ3n) is 5.15. The highest BCUT2D eigenvalue weighted by atomic mass is 16.5. The van der Waals surface area contributed by atoms with E-state index in [1.165, 1.54) is 39.0 Å². The number of hydrogen-bond acceptors (Lipinski definition) is 4. The topological polar surface area (TPSA) is 27.7 Å². The molecule has 0 bridgehead atoms. The fourth-order valence-electron chi connectivity index (χ4n) is 3.94. The number of likely N-dealkylation sites (N-methyl/N-ethyl adjacent to an activating group) is 1. The van der Waals surface area contributed by atoms with Crippen molar-refractivity contribution in [3.63, 3.8) is 0 Å². The van der Waals surface area contributed by atoms with Gasteiger partial charge in [0, 0.05) is 37.6 Å². The predicted octanol–water partition coefficient (Wildman–Crippen LogP) is 0.248. The molecule has 0 aliphatic carbocycles. The maximum absolute atomic E-state index is 5.59. The molecule has 0 amide bonds. The monoisotopic (exact) mass is 253 g/mol. The normalized spacial score (nSPS) is 37.7. The molecule has 0 radical (unpaired) electrons. The molecule has 0 aromatic heterocycles. The SMILES string of the molecule is CN1CCNC(CC2(C3CCN(C)C3)COC2)C1. The average molecular weight is 253 g/mol. The molecule has 4 nitrogen and oxygen atoms in total. The van der Waals surface area contributed by atoms with Gasteiger partial charge in [0.05, 0.1) is 13.2 Å². The molecule has 0 aromatic rings. The molecule has 2 unspecified atom stereocenters. The Balaban J connectivity index is 1.61. The van der Waals surface area contributed by atoms with Crippen LogP contribution in [0.15, 0.2) is 0 Å². The lowest BCUT2D eigenvalue weighted by Gasteiger charge is -2.49. The van der Waals surface area contributed by atoms with E-state index in [0.717, 1.165) is 25.7 Å². The van der Waals surface area contributed by atoms with Crippen LogP contribution in [0, 0.1) is 11.3 Å². The number of likely N-dealkylation sites (tertiary alicyclic amines) is 1. The summed E-state index contributed by atoms with van der Waals surface area (Å²) in [5.41, 5.74) is 0.473. The number of nitrogens with one attached hydrogen (secondary N) is 1. The molecule has 0 aromatic carbocycles. The van der Waals surface area contributed by atoms with Crippen LogP contribution in [0.4, 0.5) is 0 Å². The molecule has 18 heavy (non-hydrogen) atoms. The summed E-state index contributed by atoms with van der Waals surface area (Å²) in [6.45, 7) is 8.05. The highest BCUT2D eigenvalue weighted by Gasteiger charge is 2.48. The van der Waals surface area contributed by atoms with Gasteiger partial charge < -0.3 is 19.9 Å². The van der Waals surface area contributed by atoms with E-state index in [0.29, 0.717) is 11.5 Å². The summed E-state index contributed by atoms with van der Waals surface area (Å²) in [6, 6.07) is 0.665. The number of rotatable bonds is 3. The Morgan fingerprint density at radius 3 is 2.50 bits per heavy atom. The van der Waals surface area contributed by atoms with E-state index >= 15 is 0 Å². The van der Waals surface area contributed by atoms with E-state index in [4.69, 9.17) is 4.74 Å². The minimum absolute atomic E-state index is 0.473. The van der Waals surface area contributed by atoms with Crippen LogP contribution in [0.5, 0.6) is 0 Å². The van der Waals surface area contributed by atoms with E-state index in [9.17, 15) is 0 Å². The Morgan fingerprint density at radius 1 is 1.17 bits per heavy atom. The van der Waals surface area contributed by atoms with Gasteiger partial charge in [0.25, 0.3) is 0 Å². The van der Waals surface area contributed by atoms with Gasteiger partial charge in [0.15, 0.2) is 0 Å². The second-order valence-corrected chi connectivity index (χ2v) is 6.72. The molecule has 3 aliphatic heterocycles. The van der Waals surface area contributed by atoms with Crippen molar-refractivity contribution in [1.82, 2.24) is 15.1 Å². The second kappa shape index (κ2) is 5.08. The van der Waals surface area contributed by atoms with Crippen LogP contribution < -0.4 is 5.32 Å². The maximum Gasteiger partial charge on any atom is 0.0548 e. The van der Waals surface area contributed by atoms with E-state index in [1.54, 1.807) is 0 Å². The molecule has 4 heteroatoms. The van der Waals surface area contributed by atoms with Gasteiger partial charge in [-0.1, -0.05) is 0 Å². The van der Waals surface area contributed by atoms with Gasteiger partial charge in [-0.2, -0.15) is 0 Å². The lowest BCUT2D eigenvalue weighted by atomic mass is 9.69. The quantitative estimate of drug-likeness (QED) is 0.780. The molecule has 3 heterocycles. The summed E-state index contributed by atoms with van der Waals surface area (Å²) in [5.74, 6) is 0.852. The molecule has 2 atom stereocenters. The first-order chi connectivity index (χ1) is 8.68. The van der Waals surface area contributed by atoms with E-state index in [2.05, 4.69) is 29.2 Å². The minimum Gasteiger partial charge on any atom is -0.380 e. The Morgan fingerprint density at radius 2 is 1.94 bits per heavy atom. The first-order valence-electron chi connectivity index (χ1n) is 7.36. The summed E-state index contributed by atoms with van der Waals surface area (Å²) < 4.78 is 5.59. The van der Waals surface area contributed by atoms with Crippen molar-refractivity contribution in [3.8, 4) is 0 Å². The minimum atomic E-state index is 0.473. The summed E-state index contributed by atoms with van der Waals surface area (Å²) in [6.07, 6.45) is 2.66. The summed E-state index contributed by atoms with van der Waals surface area (Å²) in [5, 5.41) is 3.70. The number of ether oxygens (including phenoxy) is 1. The van der Waals surface area contributed by atoms with Crippen molar-refractivity contribution in [2.45, 2.75) is 18.9 Å². The van der Waals surface area contributed by atoms with Crippen LogP contribution in [0.3, 0.4) is 0 Å². The first kappa shape index (κ1) is 12.9. The fraction of sp³-hybridized carbons (Fsp3) is 1.00. The third-order valence-corrected chi connectivity index (χ3v) is 5.15. The first-order valence-corrected chi connectivity index (χ1v) is 7.36. The van der Waals surface area contributed by atoms with E-state index in [1.807, 2.05) is 0 Å². The molecule has 104 valence electrons. The van der Waals surface area contributed by atoms with Gasteiger partial charge in [-0.3, -0.25) is 0 Å². The standard InChI is InChI=1S/C14H27N3O/c1-16-5-3-12(8-16)14(10-18-11-14)7-13-9-17(2)6-4-15-13/h12-13,15H,3-11H2,1-2H3. The van der Waals surface area contributed by atoms with Crippen molar-refractivity contribution in [3.05, 3.63) is 0 Å².